The second-order valence-corrected chi connectivity index (χ2v) is 22.9. The van der Waals surface area contributed by atoms with Crippen molar-refractivity contribution in [1.82, 2.24) is 0 Å². The van der Waals surface area contributed by atoms with Crippen LogP contribution in [0.3, 0.4) is 0 Å². The molecule has 1 unspecified atom stereocenters. The Morgan fingerprint density at radius 2 is 0.507 bits per heavy atom. The smallest absolute Gasteiger partial charge is 0.306 e. The van der Waals surface area contributed by atoms with E-state index in [0.717, 1.165) is 75.5 Å². The molecule has 6 nitrogen and oxygen atoms in total. The van der Waals surface area contributed by atoms with E-state index >= 15 is 0 Å². The monoisotopic (exact) mass is 975 g/mol. The lowest BCUT2D eigenvalue weighted by atomic mass is 9.99. The molecule has 6 heteroatoms. The summed E-state index contributed by atoms with van der Waals surface area (Å²) in [5.41, 5.74) is 0. The molecule has 0 aromatic rings. The Kier molecular flexibility index (Phi) is 52.9. The Bertz CT molecular complexity index is 1070. The first-order valence-electron chi connectivity index (χ1n) is 31.1. The Hall–Kier alpha value is -1.59. The lowest BCUT2D eigenvalue weighted by Crippen LogP contribution is -2.30. The quantitative estimate of drug-likeness (QED) is 0.0343. The molecule has 0 fully saturated rings. The summed E-state index contributed by atoms with van der Waals surface area (Å²) in [6.07, 6.45) is 58.0. The van der Waals surface area contributed by atoms with E-state index in [-0.39, 0.29) is 31.1 Å². The zero-order valence-electron chi connectivity index (χ0n) is 47.6. The number of carbonyl (C=O) groups excluding carboxylic acids is 3. The van der Waals surface area contributed by atoms with Gasteiger partial charge < -0.3 is 14.2 Å². The van der Waals surface area contributed by atoms with Crippen molar-refractivity contribution < 1.29 is 28.6 Å². The van der Waals surface area contributed by atoms with Crippen LogP contribution in [0, 0.1) is 17.8 Å². The van der Waals surface area contributed by atoms with Crippen LogP contribution < -0.4 is 0 Å². The molecule has 0 aliphatic carbocycles. The summed E-state index contributed by atoms with van der Waals surface area (Å²) < 4.78 is 16.9. The molecular weight excluding hydrogens is 853 g/mol. The fourth-order valence-corrected chi connectivity index (χ4v) is 9.67. The first kappa shape index (κ1) is 67.4. The first-order chi connectivity index (χ1) is 33.6. The van der Waals surface area contributed by atoms with Gasteiger partial charge in [0, 0.05) is 19.3 Å². The molecule has 0 saturated heterocycles. The summed E-state index contributed by atoms with van der Waals surface area (Å²) in [6.45, 7) is 13.8. The van der Waals surface area contributed by atoms with Crippen molar-refractivity contribution in [2.75, 3.05) is 13.2 Å². The van der Waals surface area contributed by atoms with Gasteiger partial charge in [0.05, 0.1) is 0 Å². The summed E-state index contributed by atoms with van der Waals surface area (Å²) in [5.74, 6) is 1.74. The van der Waals surface area contributed by atoms with Crippen LogP contribution in [0.15, 0.2) is 0 Å². The molecule has 2 atom stereocenters. The van der Waals surface area contributed by atoms with Gasteiger partial charge in [-0.2, -0.15) is 0 Å². The van der Waals surface area contributed by atoms with Crippen molar-refractivity contribution in [2.45, 2.75) is 356 Å². The van der Waals surface area contributed by atoms with Crippen LogP contribution in [-0.2, 0) is 28.6 Å². The average molecular weight is 976 g/mol. The molecule has 0 aromatic carbocycles. The summed E-state index contributed by atoms with van der Waals surface area (Å²) in [5, 5.41) is 0. The fraction of sp³-hybridized carbons (Fsp3) is 0.952. The molecule has 0 amide bonds. The van der Waals surface area contributed by atoms with Gasteiger partial charge >= 0.3 is 17.9 Å². The van der Waals surface area contributed by atoms with Gasteiger partial charge in [0.2, 0.25) is 0 Å². The van der Waals surface area contributed by atoms with E-state index in [4.69, 9.17) is 14.2 Å². The van der Waals surface area contributed by atoms with Gasteiger partial charge in [-0.25, -0.2) is 0 Å². The van der Waals surface area contributed by atoms with E-state index in [9.17, 15) is 14.4 Å². The van der Waals surface area contributed by atoms with Gasteiger partial charge in [-0.15, -0.1) is 0 Å². The number of esters is 3. The molecule has 0 radical (unpaired) electrons. The van der Waals surface area contributed by atoms with Gasteiger partial charge in [0.25, 0.3) is 0 Å². The van der Waals surface area contributed by atoms with Crippen LogP contribution in [0.4, 0.5) is 0 Å². The van der Waals surface area contributed by atoms with Crippen LogP contribution in [0.1, 0.15) is 350 Å². The predicted molar refractivity (Wildman–Crippen MR) is 298 cm³/mol. The van der Waals surface area contributed by atoms with Gasteiger partial charge in [-0.05, 0) is 37.0 Å². The minimum absolute atomic E-state index is 0.0629. The minimum Gasteiger partial charge on any atom is -0.462 e. The number of carbonyl (C=O) groups is 3. The number of rotatable bonds is 56. The highest BCUT2D eigenvalue weighted by Gasteiger charge is 2.19. The van der Waals surface area contributed by atoms with Crippen LogP contribution >= 0.6 is 0 Å². The topological polar surface area (TPSA) is 78.9 Å². The maximum atomic E-state index is 12.9. The number of unbranched alkanes of at least 4 members (excludes halogenated alkanes) is 38. The fourth-order valence-electron chi connectivity index (χ4n) is 9.67. The minimum atomic E-state index is -0.764. The van der Waals surface area contributed by atoms with Gasteiger partial charge in [0.1, 0.15) is 13.2 Å². The van der Waals surface area contributed by atoms with E-state index in [2.05, 4.69) is 41.5 Å². The largest absolute Gasteiger partial charge is 0.462 e. The van der Waals surface area contributed by atoms with Crippen LogP contribution in [-0.4, -0.2) is 37.2 Å². The van der Waals surface area contributed by atoms with Gasteiger partial charge in [-0.1, -0.05) is 311 Å². The maximum Gasteiger partial charge on any atom is 0.306 e. The summed E-state index contributed by atoms with van der Waals surface area (Å²) in [4.78, 5) is 38.3. The normalized spacial score (nSPS) is 12.5. The average Bonchev–Trinajstić information content (AvgIpc) is 3.32. The zero-order chi connectivity index (χ0) is 50.5. The number of ether oxygens (including phenoxy) is 3. The van der Waals surface area contributed by atoms with Crippen LogP contribution in [0.25, 0.3) is 0 Å². The van der Waals surface area contributed by atoms with Gasteiger partial charge in [0.15, 0.2) is 6.10 Å². The molecule has 0 heterocycles. The third-order valence-corrected chi connectivity index (χ3v) is 14.8. The molecule has 0 saturated carbocycles. The number of hydrogen-bond acceptors (Lipinski definition) is 6. The van der Waals surface area contributed by atoms with Crippen LogP contribution in [0.5, 0.6) is 0 Å². The van der Waals surface area contributed by atoms with Gasteiger partial charge in [-0.3, -0.25) is 14.4 Å². The van der Waals surface area contributed by atoms with Crippen molar-refractivity contribution in [3.8, 4) is 0 Å². The van der Waals surface area contributed by atoms with Crippen LogP contribution in [0.2, 0.25) is 0 Å². The molecule has 0 bridgehead atoms. The second kappa shape index (κ2) is 54.2. The first-order valence-corrected chi connectivity index (χ1v) is 31.1. The third-order valence-electron chi connectivity index (χ3n) is 14.8. The zero-order valence-corrected chi connectivity index (χ0v) is 47.6. The highest BCUT2D eigenvalue weighted by Crippen LogP contribution is 2.19. The van der Waals surface area contributed by atoms with Crippen molar-refractivity contribution in [1.29, 1.82) is 0 Å². The van der Waals surface area contributed by atoms with E-state index < -0.39 is 6.10 Å². The molecule has 0 aromatic heterocycles. The van der Waals surface area contributed by atoms with E-state index in [1.807, 2.05) is 0 Å². The Morgan fingerprint density at radius 3 is 0.754 bits per heavy atom. The Morgan fingerprint density at radius 1 is 0.290 bits per heavy atom. The van der Waals surface area contributed by atoms with Crippen molar-refractivity contribution in [2.24, 2.45) is 17.8 Å². The summed E-state index contributed by atoms with van der Waals surface area (Å²) in [7, 11) is 0. The Labute approximate surface area is 431 Å². The maximum absolute atomic E-state index is 12.9. The molecule has 0 N–H and O–H groups in total. The van der Waals surface area contributed by atoms with E-state index in [1.165, 1.54) is 231 Å². The molecule has 410 valence electrons. The molecule has 0 aliphatic rings. The predicted octanol–water partition coefficient (Wildman–Crippen LogP) is 20.7. The lowest BCUT2D eigenvalue weighted by Gasteiger charge is -2.18. The van der Waals surface area contributed by atoms with Crippen molar-refractivity contribution in [3.63, 3.8) is 0 Å². The molecule has 0 spiro atoms. The summed E-state index contributed by atoms with van der Waals surface area (Å²) >= 11 is 0. The Balaban J connectivity index is 4.29. The molecule has 69 heavy (non-hydrogen) atoms. The summed E-state index contributed by atoms with van der Waals surface area (Å²) in [6, 6.07) is 0. The standard InChI is InChI=1S/C63H122O6/c1-7-59(6)51-45-39-33-27-21-14-11-12-16-23-29-35-41-47-53-62(65)68-56-60(69-63(66)54-48-42-36-30-24-18-17-20-26-32-38-44-50-58(4)5)55-67-61(64)52-46-40-34-28-22-15-10-8-9-13-19-25-31-37-43-49-57(2)3/h57-60H,7-56H2,1-6H3/t59?,60-/m0/s1. The molecular formula is C63H122O6. The van der Waals surface area contributed by atoms with E-state index in [0.29, 0.717) is 19.3 Å². The second-order valence-electron chi connectivity index (χ2n) is 22.9. The highest BCUT2D eigenvalue weighted by molar-refractivity contribution is 5.71. The highest BCUT2D eigenvalue weighted by atomic mass is 16.6. The lowest BCUT2D eigenvalue weighted by molar-refractivity contribution is -0.167. The molecule has 0 rings (SSSR count). The molecule has 0 aliphatic heterocycles. The SMILES string of the molecule is CCC(C)CCCCCCCCCCCCCCCCC(=O)OC[C@H](COC(=O)CCCCCCCCCCCCCCCCCC(C)C)OC(=O)CCCCCCCCCCCCCCC(C)C. The van der Waals surface area contributed by atoms with Crippen molar-refractivity contribution >= 4 is 17.9 Å². The number of hydrogen-bond donors (Lipinski definition) is 0. The van der Waals surface area contributed by atoms with E-state index in [1.54, 1.807) is 0 Å². The van der Waals surface area contributed by atoms with Crippen molar-refractivity contribution in [3.05, 3.63) is 0 Å². The third kappa shape index (κ3) is 55.6.